The highest BCUT2D eigenvalue weighted by atomic mass is 16.5. The van der Waals surface area contributed by atoms with Gasteiger partial charge in [0.05, 0.1) is 47.4 Å². The highest BCUT2D eigenvalue weighted by Crippen LogP contribution is 2.38. The molecule has 0 aromatic heterocycles. The van der Waals surface area contributed by atoms with Crippen molar-refractivity contribution in [3.8, 4) is 0 Å². The molecule has 0 radical (unpaired) electrons. The van der Waals surface area contributed by atoms with Crippen molar-refractivity contribution in [3.05, 3.63) is 95.1 Å². The van der Waals surface area contributed by atoms with Gasteiger partial charge in [-0.1, -0.05) is 48.5 Å². The van der Waals surface area contributed by atoms with E-state index in [1.807, 2.05) is 30.3 Å². The SMILES string of the molecule is CCOC(=O)c1ccc2c(c1)NC(=O)/C2=C(/Nc1ccc(CN(C)C(C2CCCO2)C2CCCO2)cc1)c1ccccc1. The molecule has 8 nitrogen and oxygen atoms in total. The van der Waals surface area contributed by atoms with Crippen LogP contribution in [0.4, 0.5) is 11.4 Å². The van der Waals surface area contributed by atoms with E-state index in [4.69, 9.17) is 14.2 Å². The molecule has 6 rings (SSSR count). The third-order valence-corrected chi connectivity index (χ3v) is 8.44. The molecule has 43 heavy (non-hydrogen) atoms. The zero-order chi connectivity index (χ0) is 29.8. The number of nitrogens with one attached hydrogen (secondary N) is 2. The Kier molecular flexibility index (Phi) is 8.88. The number of ether oxygens (including phenoxy) is 3. The first-order valence-corrected chi connectivity index (χ1v) is 15.2. The van der Waals surface area contributed by atoms with E-state index in [0.29, 0.717) is 22.5 Å². The number of hydrogen-bond acceptors (Lipinski definition) is 7. The summed E-state index contributed by atoms with van der Waals surface area (Å²) >= 11 is 0. The Morgan fingerprint density at radius 3 is 2.30 bits per heavy atom. The quantitative estimate of drug-likeness (QED) is 0.226. The number of anilines is 2. The second kappa shape index (κ2) is 13.1. The standard InChI is InChI=1S/C35H39N3O5/c1-3-41-35(40)25-15-18-27-28(21-25)37-34(39)31(27)32(24-9-5-4-6-10-24)36-26-16-13-23(14-17-26)22-38(2)33(29-11-7-19-42-29)30-12-8-20-43-30/h4-6,9-10,13-18,21,29-30,33,36H,3,7-8,11-12,19-20,22H2,1-2H3,(H,37,39)/b32-31+. The number of nitrogens with zero attached hydrogens (tertiary/aromatic N) is 1. The fourth-order valence-corrected chi connectivity index (χ4v) is 6.43. The molecule has 1 amide bonds. The molecule has 0 aliphatic carbocycles. The van der Waals surface area contributed by atoms with Gasteiger partial charge in [0.2, 0.25) is 0 Å². The lowest BCUT2D eigenvalue weighted by atomic mass is 9.98. The number of esters is 1. The number of fused-ring (bicyclic) bond motifs is 1. The van der Waals surface area contributed by atoms with E-state index in [1.165, 1.54) is 5.56 Å². The molecule has 3 aliphatic heterocycles. The van der Waals surface area contributed by atoms with Gasteiger partial charge in [-0.3, -0.25) is 9.69 Å². The molecule has 2 unspecified atom stereocenters. The van der Waals surface area contributed by atoms with Crippen LogP contribution in [0.1, 0.15) is 59.7 Å². The minimum absolute atomic E-state index is 0.211. The van der Waals surface area contributed by atoms with Gasteiger partial charge in [-0.2, -0.15) is 0 Å². The number of carbonyl (C=O) groups is 2. The Bertz CT molecular complexity index is 1460. The largest absolute Gasteiger partial charge is 0.462 e. The molecule has 3 aromatic carbocycles. The number of likely N-dealkylation sites (N-methyl/N-ethyl adjacent to an activating group) is 1. The summed E-state index contributed by atoms with van der Waals surface area (Å²) in [5, 5.41) is 6.47. The second-order valence-electron chi connectivity index (χ2n) is 11.4. The van der Waals surface area contributed by atoms with Crippen molar-refractivity contribution >= 4 is 34.5 Å². The van der Waals surface area contributed by atoms with Crippen molar-refractivity contribution in [1.82, 2.24) is 4.90 Å². The highest BCUT2D eigenvalue weighted by molar-refractivity contribution is 6.37. The van der Waals surface area contributed by atoms with Crippen molar-refractivity contribution in [1.29, 1.82) is 0 Å². The molecule has 3 heterocycles. The Morgan fingerprint density at radius 1 is 0.977 bits per heavy atom. The zero-order valence-corrected chi connectivity index (χ0v) is 24.8. The molecule has 0 spiro atoms. The Labute approximate surface area is 253 Å². The van der Waals surface area contributed by atoms with E-state index in [-0.39, 0.29) is 30.8 Å². The van der Waals surface area contributed by atoms with Crippen LogP contribution in [0, 0.1) is 0 Å². The van der Waals surface area contributed by atoms with Gasteiger partial charge in [0.15, 0.2) is 0 Å². The van der Waals surface area contributed by atoms with Gasteiger partial charge in [0.25, 0.3) is 5.91 Å². The minimum atomic E-state index is -0.415. The maximum absolute atomic E-state index is 13.3. The maximum Gasteiger partial charge on any atom is 0.338 e. The third-order valence-electron chi connectivity index (χ3n) is 8.44. The predicted octanol–water partition coefficient (Wildman–Crippen LogP) is 5.95. The molecule has 224 valence electrons. The first-order chi connectivity index (χ1) is 21.0. The molecular weight excluding hydrogens is 542 g/mol. The monoisotopic (exact) mass is 581 g/mol. The van der Waals surface area contributed by atoms with Crippen molar-refractivity contribution in [2.45, 2.75) is 57.4 Å². The summed E-state index contributed by atoms with van der Waals surface area (Å²) in [6.45, 7) is 4.50. The van der Waals surface area contributed by atoms with E-state index in [1.54, 1.807) is 25.1 Å². The average Bonchev–Trinajstić information content (AvgIpc) is 3.80. The summed E-state index contributed by atoms with van der Waals surface area (Å²) in [6, 6.07) is 23.6. The van der Waals surface area contributed by atoms with Crippen LogP contribution in [0.3, 0.4) is 0 Å². The fourth-order valence-electron chi connectivity index (χ4n) is 6.43. The maximum atomic E-state index is 13.3. The highest BCUT2D eigenvalue weighted by Gasteiger charge is 2.37. The minimum Gasteiger partial charge on any atom is -0.462 e. The molecule has 0 bridgehead atoms. The van der Waals surface area contributed by atoms with Gasteiger partial charge in [-0.25, -0.2) is 4.79 Å². The summed E-state index contributed by atoms with van der Waals surface area (Å²) in [4.78, 5) is 28.0. The topological polar surface area (TPSA) is 89.1 Å². The molecular formula is C35H39N3O5. The van der Waals surface area contributed by atoms with Gasteiger partial charge in [-0.05, 0) is 75.0 Å². The van der Waals surface area contributed by atoms with Crippen LogP contribution in [0.2, 0.25) is 0 Å². The van der Waals surface area contributed by atoms with E-state index in [0.717, 1.165) is 62.3 Å². The van der Waals surface area contributed by atoms with Crippen LogP contribution < -0.4 is 10.6 Å². The number of rotatable bonds is 10. The Hall–Kier alpha value is -3.98. The second-order valence-corrected chi connectivity index (χ2v) is 11.4. The smallest absolute Gasteiger partial charge is 0.338 e. The predicted molar refractivity (Wildman–Crippen MR) is 168 cm³/mol. The molecule has 2 N–H and O–H groups in total. The lowest BCUT2D eigenvalue weighted by Crippen LogP contribution is -2.48. The molecule has 2 atom stereocenters. The molecule has 8 heteroatoms. The van der Waals surface area contributed by atoms with Crippen molar-refractivity contribution < 1.29 is 23.8 Å². The average molecular weight is 582 g/mol. The van der Waals surface area contributed by atoms with Crippen molar-refractivity contribution in [2.24, 2.45) is 0 Å². The van der Waals surface area contributed by atoms with Gasteiger partial charge < -0.3 is 24.8 Å². The fraction of sp³-hybridized carbons (Fsp3) is 0.371. The Morgan fingerprint density at radius 2 is 1.67 bits per heavy atom. The van der Waals surface area contributed by atoms with Gasteiger partial charge in [0.1, 0.15) is 0 Å². The summed E-state index contributed by atoms with van der Waals surface area (Å²) in [5.41, 5.74) is 5.89. The lowest BCUT2D eigenvalue weighted by molar-refractivity contribution is -0.110. The van der Waals surface area contributed by atoms with E-state index in [2.05, 4.69) is 46.8 Å². The molecule has 0 saturated carbocycles. The van der Waals surface area contributed by atoms with Crippen LogP contribution in [-0.2, 0) is 25.5 Å². The molecule has 2 fully saturated rings. The van der Waals surface area contributed by atoms with E-state index in [9.17, 15) is 9.59 Å². The van der Waals surface area contributed by atoms with E-state index >= 15 is 0 Å². The first kappa shape index (κ1) is 29.1. The number of carbonyl (C=O) groups excluding carboxylic acids is 2. The van der Waals surface area contributed by atoms with Crippen LogP contribution in [0.25, 0.3) is 11.3 Å². The third kappa shape index (κ3) is 6.37. The molecule has 3 aliphatic rings. The first-order valence-electron chi connectivity index (χ1n) is 15.2. The molecule has 2 saturated heterocycles. The summed E-state index contributed by atoms with van der Waals surface area (Å²) in [5.74, 6) is -0.642. The van der Waals surface area contributed by atoms with Crippen LogP contribution >= 0.6 is 0 Å². The van der Waals surface area contributed by atoms with Gasteiger partial charge in [0, 0.05) is 31.0 Å². The normalized spacial score (nSPS) is 21.4. The van der Waals surface area contributed by atoms with Gasteiger partial charge >= 0.3 is 5.97 Å². The summed E-state index contributed by atoms with van der Waals surface area (Å²) in [6.07, 6.45) is 4.79. The summed E-state index contributed by atoms with van der Waals surface area (Å²) in [7, 11) is 2.17. The molecule has 3 aromatic rings. The Balaban J connectivity index is 1.25. The van der Waals surface area contributed by atoms with Gasteiger partial charge in [-0.15, -0.1) is 0 Å². The number of amides is 1. The summed E-state index contributed by atoms with van der Waals surface area (Å²) < 4.78 is 17.4. The van der Waals surface area contributed by atoms with Crippen molar-refractivity contribution in [2.75, 3.05) is 37.5 Å². The number of benzene rings is 3. The van der Waals surface area contributed by atoms with Crippen molar-refractivity contribution in [3.63, 3.8) is 0 Å². The van der Waals surface area contributed by atoms with Crippen LogP contribution in [0.5, 0.6) is 0 Å². The van der Waals surface area contributed by atoms with Crippen LogP contribution in [-0.4, -0.2) is 61.9 Å². The number of hydrogen-bond donors (Lipinski definition) is 2. The van der Waals surface area contributed by atoms with E-state index < -0.39 is 5.97 Å². The van der Waals surface area contributed by atoms with Crippen LogP contribution in [0.15, 0.2) is 72.8 Å². The zero-order valence-electron chi connectivity index (χ0n) is 24.8. The lowest BCUT2D eigenvalue weighted by Gasteiger charge is -2.36.